The highest BCUT2D eigenvalue weighted by molar-refractivity contribution is 5.85. The molecule has 4 heteroatoms. The summed E-state index contributed by atoms with van der Waals surface area (Å²) in [6, 6.07) is 7.85. The highest BCUT2D eigenvalue weighted by Crippen LogP contribution is 2.30. The Morgan fingerprint density at radius 2 is 2.12 bits per heavy atom. The van der Waals surface area contributed by atoms with Gasteiger partial charge in [0.2, 0.25) is 0 Å². The molecular weight excluding hydrogens is 216 g/mol. The Morgan fingerprint density at radius 1 is 1.47 bits per heavy atom. The van der Waals surface area contributed by atoms with Crippen molar-refractivity contribution in [2.75, 3.05) is 0 Å². The van der Waals surface area contributed by atoms with Crippen LogP contribution in [0.2, 0.25) is 0 Å². The number of aromatic nitrogens is 1. The molecule has 3 N–H and O–H groups in total. The van der Waals surface area contributed by atoms with Gasteiger partial charge in [-0.05, 0) is 18.6 Å². The highest BCUT2D eigenvalue weighted by atomic mass is 16.4. The van der Waals surface area contributed by atoms with Gasteiger partial charge in [0.25, 0.3) is 0 Å². The zero-order chi connectivity index (χ0) is 12.6. The molecule has 1 aromatic carbocycles. The number of carboxylic acid groups (broad SMARTS) is 1. The van der Waals surface area contributed by atoms with Crippen LogP contribution in [-0.2, 0) is 17.4 Å². The largest absolute Gasteiger partial charge is 0.481 e. The second-order valence-corrected chi connectivity index (χ2v) is 4.66. The van der Waals surface area contributed by atoms with Gasteiger partial charge < -0.3 is 15.4 Å². The SMILES string of the molecule is Cn1cc(C(C)(N)CC(=O)O)c2ccccc21. The summed E-state index contributed by atoms with van der Waals surface area (Å²) < 4.78 is 1.97. The van der Waals surface area contributed by atoms with Crippen LogP contribution < -0.4 is 5.73 Å². The van der Waals surface area contributed by atoms with Crippen LogP contribution >= 0.6 is 0 Å². The van der Waals surface area contributed by atoms with Gasteiger partial charge in [0.15, 0.2) is 0 Å². The van der Waals surface area contributed by atoms with E-state index in [0.29, 0.717) is 0 Å². The third kappa shape index (κ3) is 2.03. The summed E-state index contributed by atoms with van der Waals surface area (Å²) >= 11 is 0. The van der Waals surface area contributed by atoms with Crippen LogP contribution in [0.4, 0.5) is 0 Å². The molecule has 4 nitrogen and oxygen atoms in total. The number of nitrogens with zero attached hydrogens (tertiary/aromatic N) is 1. The van der Waals surface area contributed by atoms with E-state index in [4.69, 9.17) is 10.8 Å². The van der Waals surface area contributed by atoms with Crippen molar-refractivity contribution in [1.82, 2.24) is 4.57 Å². The maximum atomic E-state index is 10.8. The van der Waals surface area contributed by atoms with Crippen molar-refractivity contribution in [3.05, 3.63) is 36.0 Å². The second-order valence-electron chi connectivity index (χ2n) is 4.66. The van der Waals surface area contributed by atoms with Gasteiger partial charge >= 0.3 is 5.97 Å². The maximum absolute atomic E-state index is 10.8. The van der Waals surface area contributed by atoms with E-state index in [0.717, 1.165) is 16.5 Å². The van der Waals surface area contributed by atoms with Gasteiger partial charge in [0.1, 0.15) is 0 Å². The monoisotopic (exact) mass is 232 g/mol. The number of hydrogen-bond acceptors (Lipinski definition) is 2. The molecule has 0 aliphatic heterocycles. The van der Waals surface area contributed by atoms with Crippen molar-refractivity contribution in [3.8, 4) is 0 Å². The third-order valence-corrected chi connectivity index (χ3v) is 3.03. The summed E-state index contributed by atoms with van der Waals surface area (Å²) in [4.78, 5) is 10.8. The van der Waals surface area contributed by atoms with E-state index in [1.54, 1.807) is 6.92 Å². The Bertz CT molecular complexity index is 570. The van der Waals surface area contributed by atoms with Crippen LogP contribution in [0.15, 0.2) is 30.5 Å². The van der Waals surface area contributed by atoms with Crippen LogP contribution in [0, 0.1) is 0 Å². The van der Waals surface area contributed by atoms with Gasteiger partial charge in [-0.2, -0.15) is 0 Å². The Kier molecular flexibility index (Phi) is 2.67. The van der Waals surface area contributed by atoms with Gasteiger partial charge in [0.05, 0.1) is 12.0 Å². The van der Waals surface area contributed by atoms with Crippen molar-refractivity contribution in [1.29, 1.82) is 0 Å². The molecule has 0 amide bonds. The molecule has 2 rings (SSSR count). The maximum Gasteiger partial charge on any atom is 0.305 e. The Labute approximate surface area is 99.7 Å². The molecule has 17 heavy (non-hydrogen) atoms. The number of hydrogen-bond donors (Lipinski definition) is 2. The topological polar surface area (TPSA) is 68.2 Å². The molecule has 0 spiro atoms. The van der Waals surface area contributed by atoms with Crippen LogP contribution in [0.25, 0.3) is 10.9 Å². The summed E-state index contributed by atoms with van der Waals surface area (Å²) in [5.41, 5.74) is 7.20. The Hall–Kier alpha value is -1.81. The number of aryl methyl sites for hydroxylation is 1. The lowest BCUT2D eigenvalue weighted by Crippen LogP contribution is -2.35. The molecule has 0 saturated carbocycles. The molecule has 1 aromatic heterocycles. The van der Waals surface area contributed by atoms with Crippen molar-refractivity contribution in [2.24, 2.45) is 12.8 Å². The first kappa shape index (κ1) is 11.7. The fourth-order valence-corrected chi connectivity index (χ4v) is 2.21. The van der Waals surface area contributed by atoms with Crippen molar-refractivity contribution in [3.63, 3.8) is 0 Å². The Morgan fingerprint density at radius 3 is 2.76 bits per heavy atom. The van der Waals surface area contributed by atoms with Crippen LogP contribution in [0.1, 0.15) is 18.9 Å². The van der Waals surface area contributed by atoms with Gasteiger partial charge in [-0.15, -0.1) is 0 Å². The zero-order valence-electron chi connectivity index (χ0n) is 9.97. The molecule has 0 bridgehead atoms. The smallest absolute Gasteiger partial charge is 0.305 e. The minimum absolute atomic E-state index is 0.0823. The number of carbonyl (C=O) groups is 1. The summed E-state index contributed by atoms with van der Waals surface area (Å²) in [6.45, 7) is 1.75. The van der Waals surface area contributed by atoms with Crippen molar-refractivity contribution in [2.45, 2.75) is 18.9 Å². The minimum Gasteiger partial charge on any atom is -0.481 e. The Balaban J connectivity index is 2.59. The number of nitrogens with two attached hydrogens (primary N) is 1. The standard InChI is InChI=1S/C13H16N2O2/c1-13(14,7-12(16)17)10-8-15(2)11-6-4-3-5-9(10)11/h3-6,8H,7,14H2,1-2H3,(H,16,17). The molecule has 0 aliphatic rings. The average molecular weight is 232 g/mol. The molecule has 2 aromatic rings. The first-order chi connectivity index (χ1) is 7.92. The number of fused-ring (bicyclic) bond motifs is 1. The predicted molar refractivity (Wildman–Crippen MR) is 66.7 cm³/mol. The lowest BCUT2D eigenvalue weighted by atomic mass is 9.89. The first-order valence-corrected chi connectivity index (χ1v) is 5.47. The summed E-state index contributed by atoms with van der Waals surface area (Å²) in [7, 11) is 1.93. The number of carboxylic acids is 1. The lowest BCUT2D eigenvalue weighted by Gasteiger charge is -2.22. The summed E-state index contributed by atoms with van der Waals surface area (Å²) in [6.07, 6.45) is 1.83. The molecule has 90 valence electrons. The number of aliphatic carboxylic acids is 1. The lowest BCUT2D eigenvalue weighted by molar-refractivity contribution is -0.138. The third-order valence-electron chi connectivity index (χ3n) is 3.03. The van der Waals surface area contributed by atoms with Crippen molar-refractivity contribution < 1.29 is 9.90 Å². The van der Waals surface area contributed by atoms with Gasteiger partial charge in [-0.3, -0.25) is 4.79 Å². The highest BCUT2D eigenvalue weighted by Gasteiger charge is 2.28. The number of benzene rings is 1. The number of rotatable bonds is 3. The van der Waals surface area contributed by atoms with E-state index in [9.17, 15) is 4.79 Å². The van der Waals surface area contributed by atoms with Crippen LogP contribution in [0.3, 0.4) is 0 Å². The van der Waals surface area contributed by atoms with Crippen LogP contribution in [-0.4, -0.2) is 15.6 Å². The molecule has 1 unspecified atom stereocenters. The average Bonchev–Trinajstić information content (AvgIpc) is 2.56. The minimum atomic E-state index is -0.886. The fraction of sp³-hybridized carbons (Fsp3) is 0.308. The first-order valence-electron chi connectivity index (χ1n) is 5.47. The molecule has 0 aliphatic carbocycles. The quantitative estimate of drug-likeness (QED) is 0.848. The second kappa shape index (κ2) is 3.89. The van der Waals surface area contributed by atoms with E-state index in [1.165, 1.54) is 0 Å². The van der Waals surface area contributed by atoms with E-state index < -0.39 is 11.5 Å². The zero-order valence-corrected chi connectivity index (χ0v) is 9.97. The van der Waals surface area contributed by atoms with Gasteiger partial charge in [0, 0.05) is 24.1 Å². The van der Waals surface area contributed by atoms with Crippen molar-refractivity contribution >= 4 is 16.9 Å². The predicted octanol–water partition coefficient (Wildman–Crippen LogP) is 1.83. The molecule has 0 saturated heterocycles. The van der Waals surface area contributed by atoms with E-state index >= 15 is 0 Å². The molecule has 0 fully saturated rings. The molecule has 1 heterocycles. The van der Waals surface area contributed by atoms with Gasteiger partial charge in [-0.1, -0.05) is 18.2 Å². The van der Waals surface area contributed by atoms with E-state index in [2.05, 4.69) is 0 Å². The summed E-state index contributed by atoms with van der Waals surface area (Å²) in [5, 5.41) is 9.92. The fourth-order valence-electron chi connectivity index (χ4n) is 2.21. The van der Waals surface area contributed by atoms with Gasteiger partial charge in [-0.25, -0.2) is 0 Å². The molecule has 0 radical (unpaired) electrons. The number of para-hydroxylation sites is 1. The summed E-state index contributed by atoms with van der Waals surface area (Å²) in [5.74, 6) is -0.886. The van der Waals surface area contributed by atoms with E-state index in [-0.39, 0.29) is 6.42 Å². The normalized spacial score (nSPS) is 14.8. The van der Waals surface area contributed by atoms with Crippen LogP contribution in [0.5, 0.6) is 0 Å². The van der Waals surface area contributed by atoms with E-state index in [1.807, 2.05) is 42.1 Å². The molecular formula is C13H16N2O2. The molecule has 1 atom stereocenters.